The molecule has 0 aliphatic carbocycles. The molecule has 2 aromatic carbocycles. The van der Waals surface area contributed by atoms with Crippen LogP contribution in [-0.4, -0.2) is 21.7 Å². The van der Waals surface area contributed by atoms with Crippen molar-refractivity contribution in [2.45, 2.75) is 18.8 Å². The van der Waals surface area contributed by atoms with E-state index in [-0.39, 0.29) is 0 Å². The Morgan fingerprint density at radius 3 is 2.27 bits per heavy atom. The fourth-order valence-corrected chi connectivity index (χ4v) is 3.36. The number of likely N-dealkylation sites (N-methyl/N-ethyl adjacent to an activating group) is 1. The zero-order chi connectivity index (χ0) is 18.9. The van der Waals surface area contributed by atoms with E-state index in [2.05, 4.69) is 5.32 Å². The minimum atomic E-state index is -4.39. The predicted molar refractivity (Wildman–Crippen MR) is 97.9 cm³/mol. The highest BCUT2D eigenvalue weighted by atomic mass is 32.1. The first kappa shape index (κ1) is 18.4. The lowest BCUT2D eigenvalue weighted by molar-refractivity contribution is -0.137. The first-order chi connectivity index (χ1) is 12.3. The van der Waals surface area contributed by atoms with Crippen molar-refractivity contribution < 1.29 is 18.3 Å². The van der Waals surface area contributed by atoms with Crippen LogP contribution in [0.4, 0.5) is 13.2 Å². The van der Waals surface area contributed by atoms with Crippen molar-refractivity contribution in [2.75, 3.05) is 6.54 Å². The normalized spacial score (nSPS) is 22.0. The predicted octanol–water partition coefficient (Wildman–Crippen LogP) is 4.10. The largest absolute Gasteiger partial charge is 0.416 e. The molecule has 0 spiro atoms. The number of hydrogen-bond donors (Lipinski definition) is 2. The van der Waals surface area contributed by atoms with Gasteiger partial charge in [0, 0.05) is 12.1 Å². The van der Waals surface area contributed by atoms with Crippen LogP contribution in [0.3, 0.4) is 0 Å². The van der Waals surface area contributed by atoms with Crippen LogP contribution in [0.15, 0.2) is 60.3 Å². The smallest absolute Gasteiger partial charge is 0.362 e. The highest BCUT2D eigenvalue weighted by Gasteiger charge is 2.47. The second-order valence-electron chi connectivity index (χ2n) is 5.89. The highest BCUT2D eigenvalue weighted by Crippen LogP contribution is 2.38. The van der Waals surface area contributed by atoms with Gasteiger partial charge >= 0.3 is 6.18 Å². The van der Waals surface area contributed by atoms with Crippen LogP contribution < -0.4 is 5.32 Å². The molecule has 1 heterocycles. The Morgan fingerprint density at radius 1 is 1.12 bits per heavy atom. The lowest BCUT2D eigenvalue weighted by atomic mass is 9.97. The Kier molecular flexibility index (Phi) is 4.77. The Labute approximate surface area is 154 Å². The number of alkyl halides is 3. The summed E-state index contributed by atoms with van der Waals surface area (Å²) in [5.74, 6) is 0. The van der Waals surface area contributed by atoms with Crippen LogP contribution in [0.5, 0.6) is 0 Å². The molecule has 1 unspecified atom stereocenters. The molecule has 0 amide bonds. The van der Waals surface area contributed by atoms with E-state index in [1.54, 1.807) is 35.2 Å². The van der Waals surface area contributed by atoms with Crippen molar-refractivity contribution >= 4 is 23.4 Å². The van der Waals surface area contributed by atoms with Crippen LogP contribution in [0.25, 0.3) is 6.08 Å². The summed E-state index contributed by atoms with van der Waals surface area (Å²) in [6.45, 7) is 2.32. The zero-order valence-electron chi connectivity index (χ0n) is 13.9. The molecule has 3 rings (SSSR count). The number of halogens is 3. The third-order valence-corrected chi connectivity index (χ3v) is 4.62. The zero-order valence-corrected chi connectivity index (χ0v) is 14.7. The van der Waals surface area contributed by atoms with E-state index in [0.29, 0.717) is 28.5 Å². The molecule has 3 nitrogen and oxygen atoms in total. The lowest BCUT2D eigenvalue weighted by Gasteiger charge is -2.33. The Morgan fingerprint density at radius 2 is 1.73 bits per heavy atom. The number of aliphatic hydroxyl groups is 1. The van der Waals surface area contributed by atoms with Crippen LogP contribution in [-0.2, 0) is 11.9 Å². The van der Waals surface area contributed by atoms with Gasteiger partial charge in [-0.2, -0.15) is 13.2 Å². The SMILES string of the molecule is CCN1C(=S)N/C(=C\c2ccc(C(F)(F)F)cc2)C1(O)c1ccccc1. The van der Waals surface area contributed by atoms with Crippen LogP contribution >= 0.6 is 12.2 Å². The quantitative estimate of drug-likeness (QED) is 0.789. The van der Waals surface area contributed by atoms with Gasteiger partial charge in [0.15, 0.2) is 5.11 Å². The monoisotopic (exact) mass is 378 g/mol. The van der Waals surface area contributed by atoms with Crippen LogP contribution in [0, 0.1) is 0 Å². The highest BCUT2D eigenvalue weighted by molar-refractivity contribution is 7.80. The molecule has 1 aliphatic heterocycles. The average Bonchev–Trinajstić information content (AvgIpc) is 2.86. The summed E-state index contributed by atoms with van der Waals surface area (Å²) < 4.78 is 38.2. The Bertz CT molecular complexity index is 834. The van der Waals surface area contributed by atoms with Gasteiger partial charge in [-0.3, -0.25) is 0 Å². The third kappa shape index (κ3) is 3.20. The molecule has 7 heteroatoms. The summed E-state index contributed by atoms with van der Waals surface area (Å²) in [7, 11) is 0. The molecule has 1 saturated heterocycles. The molecule has 0 saturated carbocycles. The van der Waals surface area contributed by atoms with Crippen molar-refractivity contribution in [3.8, 4) is 0 Å². The molecular formula is C19H17F3N2OS. The first-order valence-corrected chi connectivity index (χ1v) is 8.43. The van der Waals surface area contributed by atoms with Gasteiger partial charge in [-0.05, 0) is 42.9 Å². The standard InChI is InChI=1S/C19H17F3N2OS/c1-2-24-17(26)23-16(18(24,25)14-6-4-3-5-7-14)12-13-8-10-15(11-9-13)19(20,21)22/h3-12,25H,2H2,1H3,(H,23,26)/b16-12-. The number of hydrogen-bond acceptors (Lipinski definition) is 2. The summed E-state index contributed by atoms with van der Waals surface area (Å²) in [5.41, 5.74) is -0.683. The van der Waals surface area contributed by atoms with E-state index in [1.807, 2.05) is 13.0 Å². The van der Waals surface area contributed by atoms with E-state index in [4.69, 9.17) is 12.2 Å². The summed E-state index contributed by atoms with van der Waals surface area (Å²) in [4.78, 5) is 1.63. The molecule has 1 atom stereocenters. The number of rotatable bonds is 3. The van der Waals surface area contributed by atoms with Gasteiger partial charge in [0.25, 0.3) is 0 Å². The molecular weight excluding hydrogens is 361 g/mol. The molecule has 136 valence electrons. The number of benzene rings is 2. The molecule has 1 fully saturated rings. The molecule has 2 N–H and O–H groups in total. The van der Waals surface area contributed by atoms with Crippen molar-refractivity contribution in [1.29, 1.82) is 0 Å². The lowest BCUT2D eigenvalue weighted by Crippen LogP contribution is -2.43. The summed E-state index contributed by atoms with van der Waals surface area (Å²) in [5, 5.41) is 14.8. The van der Waals surface area contributed by atoms with Gasteiger partial charge < -0.3 is 15.3 Å². The first-order valence-electron chi connectivity index (χ1n) is 8.02. The maximum absolute atomic E-state index is 12.7. The van der Waals surface area contributed by atoms with E-state index in [0.717, 1.165) is 12.1 Å². The average molecular weight is 378 g/mol. The van der Waals surface area contributed by atoms with Crippen LogP contribution in [0.2, 0.25) is 0 Å². The number of thiocarbonyl (C=S) groups is 1. The van der Waals surface area contributed by atoms with Gasteiger partial charge in [0.1, 0.15) is 0 Å². The molecule has 0 radical (unpaired) electrons. The topological polar surface area (TPSA) is 35.5 Å². The fraction of sp³-hybridized carbons (Fsp3) is 0.211. The van der Waals surface area contributed by atoms with Crippen LogP contribution in [0.1, 0.15) is 23.6 Å². The molecule has 2 aromatic rings. The summed E-state index contributed by atoms with van der Waals surface area (Å²) >= 11 is 5.32. The van der Waals surface area contributed by atoms with Gasteiger partial charge in [0.2, 0.25) is 5.72 Å². The van der Waals surface area contributed by atoms with Crippen molar-refractivity contribution in [3.05, 3.63) is 77.0 Å². The Balaban J connectivity index is 2.04. The fourth-order valence-electron chi connectivity index (χ4n) is 2.99. The summed E-state index contributed by atoms with van der Waals surface area (Å²) in [6.07, 6.45) is -2.78. The van der Waals surface area contributed by atoms with E-state index < -0.39 is 17.5 Å². The molecule has 26 heavy (non-hydrogen) atoms. The van der Waals surface area contributed by atoms with E-state index in [9.17, 15) is 18.3 Å². The third-order valence-electron chi connectivity index (χ3n) is 4.29. The Hall–Kier alpha value is -2.38. The molecule has 0 bridgehead atoms. The van der Waals surface area contributed by atoms with Crippen molar-refractivity contribution in [1.82, 2.24) is 10.2 Å². The van der Waals surface area contributed by atoms with Crippen molar-refractivity contribution in [2.24, 2.45) is 0 Å². The van der Waals surface area contributed by atoms with E-state index in [1.165, 1.54) is 12.1 Å². The number of nitrogens with zero attached hydrogens (tertiary/aromatic N) is 1. The van der Waals surface area contributed by atoms with Gasteiger partial charge in [-0.15, -0.1) is 0 Å². The minimum absolute atomic E-state index is 0.358. The second kappa shape index (κ2) is 6.74. The minimum Gasteiger partial charge on any atom is -0.362 e. The van der Waals surface area contributed by atoms with Gasteiger partial charge in [0.05, 0.1) is 11.3 Å². The summed E-state index contributed by atoms with van der Waals surface area (Å²) in [6, 6.07) is 13.7. The second-order valence-corrected chi connectivity index (χ2v) is 6.28. The maximum Gasteiger partial charge on any atom is 0.416 e. The van der Waals surface area contributed by atoms with Gasteiger partial charge in [-0.1, -0.05) is 42.5 Å². The van der Waals surface area contributed by atoms with Gasteiger partial charge in [-0.25, -0.2) is 0 Å². The van der Waals surface area contributed by atoms with Crippen molar-refractivity contribution in [3.63, 3.8) is 0 Å². The van der Waals surface area contributed by atoms with E-state index >= 15 is 0 Å². The molecule has 0 aromatic heterocycles. The number of nitrogens with one attached hydrogen (secondary N) is 1. The molecule has 1 aliphatic rings. The maximum atomic E-state index is 12.7.